The van der Waals surface area contributed by atoms with Crippen molar-refractivity contribution in [3.05, 3.63) is 59.8 Å². The summed E-state index contributed by atoms with van der Waals surface area (Å²) < 4.78 is 15.9. The number of benzene rings is 2. The molecule has 1 atom stereocenters. The van der Waals surface area contributed by atoms with Crippen molar-refractivity contribution in [2.45, 2.75) is 12.5 Å². The third kappa shape index (κ3) is 3.57. The van der Waals surface area contributed by atoms with Crippen LogP contribution >= 0.6 is 11.8 Å². The molecular weight excluding hydrogens is 376 g/mol. The number of esters is 1. The second-order valence-electron chi connectivity index (χ2n) is 6.38. The van der Waals surface area contributed by atoms with E-state index >= 15 is 0 Å². The molecule has 0 radical (unpaired) electrons. The fraction of sp³-hybridized carbons (Fsp3) is 0.238. The van der Waals surface area contributed by atoms with Crippen LogP contribution in [-0.4, -0.2) is 42.2 Å². The Bertz CT molecular complexity index is 1040. The highest BCUT2D eigenvalue weighted by molar-refractivity contribution is 8.13. The van der Waals surface area contributed by atoms with E-state index in [1.54, 1.807) is 0 Å². The Morgan fingerprint density at radius 3 is 2.89 bits per heavy atom. The van der Waals surface area contributed by atoms with Gasteiger partial charge in [-0.2, -0.15) is 0 Å². The second-order valence-corrected chi connectivity index (χ2v) is 7.20. The van der Waals surface area contributed by atoms with Gasteiger partial charge >= 0.3 is 5.97 Å². The van der Waals surface area contributed by atoms with E-state index in [1.807, 2.05) is 54.9 Å². The van der Waals surface area contributed by atoms with Gasteiger partial charge in [0.25, 0.3) is 6.04 Å². The molecule has 2 heterocycles. The molecule has 4 rings (SSSR count). The molecule has 1 aromatic heterocycles. The van der Waals surface area contributed by atoms with Crippen LogP contribution in [0.15, 0.2) is 48.7 Å². The van der Waals surface area contributed by atoms with E-state index < -0.39 is 6.04 Å². The van der Waals surface area contributed by atoms with E-state index in [9.17, 15) is 4.79 Å². The number of para-hydroxylation sites is 1. The summed E-state index contributed by atoms with van der Waals surface area (Å²) in [5.41, 5.74) is 3.04. The number of fused-ring (bicyclic) bond motifs is 2. The van der Waals surface area contributed by atoms with Gasteiger partial charge in [-0.3, -0.25) is 0 Å². The van der Waals surface area contributed by atoms with Crippen LogP contribution in [0.2, 0.25) is 0 Å². The number of thioether (sulfide) groups is 1. The summed E-state index contributed by atoms with van der Waals surface area (Å²) in [6.45, 7) is 0.228. The Kier molecular flexibility index (Phi) is 5.25. The number of carbonyl (C=O) groups excluding carboxylic acids is 1. The lowest BCUT2D eigenvalue weighted by atomic mass is 10.1. The molecule has 7 heteroatoms. The molecule has 1 aliphatic rings. The van der Waals surface area contributed by atoms with Gasteiger partial charge in [0.05, 0.1) is 12.7 Å². The maximum atomic E-state index is 12.5. The molecule has 2 aromatic carbocycles. The first-order valence-corrected chi connectivity index (χ1v) is 10.1. The van der Waals surface area contributed by atoms with E-state index in [2.05, 4.69) is 9.98 Å². The van der Waals surface area contributed by atoms with Crippen molar-refractivity contribution in [1.82, 2.24) is 4.98 Å². The van der Waals surface area contributed by atoms with Gasteiger partial charge < -0.3 is 19.2 Å². The first-order valence-electron chi connectivity index (χ1n) is 8.90. The summed E-state index contributed by atoms with van der Waals surface area (Å²) >= 11 is 1.53. The molecule has 3 aromatic rings. The molecular formula is C21H21N2O4S+. The summed E-state index contributed by atoms with van der Waals surface area (Å²) in [4.78, 5) is 19.1. The standard InChI is InChI=1S/C21H20N2O4S/c1-25-21(24)17(9-14-11-22-16-6-4-3-5-15(14)16)23-20(28-2)13-7-8-18-19(10-13)27-12-26-18/h3-8,10-11,17,22H,9,12H2,1-2H3/p+1/t17-/m1/s1. The third-order valence-corrected chi connectivity index (χ3v) is 5.49. The number of methoxy groups -OCH3 is 1. The van der Waals surface area contributed by atoms with Crippen molar-refractivity contribution in [3.8, 4) is 11.5 Å². The molecule has 144 valence electrons. The number of aromatic nitrogens is 1. The monoisotopic (exact) mass is 397 g/mol. The first kappa shape index (κ1) is 18.4. The molecule has 0 amide bonds. The minimum absolute atomic E-state index is 0.228. The summed E-state index contributed by atoms with van der Waals surface area (Å²) in [7, 11) is 1.41. The smallest absolute Gasteiger partial charge is 0.375 e. The molecule has 0 spiro atoms. The Morgan fingerprint density at radius 2 is 2.07 bits per heavy atom. The van der Waals surface area contributed by atoms with E-state index in [-0.39, 0.29) is 12.8 Å². The molecule has 0 bridgehead atoms. The SMILES string of the molecule is COC(=O)[C@@H](Cc1c[nH]c2ccccc12)[NH+]=C(SC)c1ccc2c(c1)OCO2. The zero-order valence-electron chi connectivity index (χ0n) is 15.7. The fourth-order valence-electron chi connectivity index (χ4n) is 3.31. The molecule has 0 fully saturated rings. The summed E-state index contributed by atoms with van der Waals surface area (Å²) in [5, 5.41) is 1.97. The lowest BCUT2D eigenvalue weighted by Crippen LogP contribution is -2.82. The Balaban J connectivity index is 1.67. The third-order valence-electron chi connectivity index (χ3n) is 4.73. The number of H-pyrrole nitrogens is 1. The van der Waals surface area contributed by atoms with Gasteiger partial charge in [-0.25, -0.2) is 9.79 Å². The molecule has 28 heavy (non-hydrogen) atoms. The fourth-order valence-corrected chi connectivity index (χ4v) is 3.93. The minimum Gasteiger partial charge on any atom is -0.464 e. The van der Waals surface area contributed by atoms with E-state index in [1.165, 1.54) is 18.9 Å². The summed E-state index contributed by atoms with van der Waals surface area (Å²) in [6, 6.07) is 13.3. The summed E-state index contributed by atoms with van der Waals surface area (Å²) in [6.07, 6.45) is 4.42. The van der Waals surface area contributed by atoms with Crippen molar-refractivity contribution in [2.75, 3.05) is 20.2 Å². The topological polar surface area (TPSA) is 74.5 Å². The number of rotatable bonds is 5. The van der Waals surface area contributed by atoms with Crippen LogP contribution in [0.3, 0.4) is 0 Å². The van der Waals surface area contributed by atoms with E-state index in [4.69, 9.17) is 14.2 Å². The van der Waals surface area contributed by atoms with Gasteiger partial charge in [0.1, 0.15) is 0 Å². The lowest BCUT2D eigenvalue weighted by molar-refractivity contribution is -0.486. The molecule has 0 unspecified atom stereocenters. The maximum Gasteiger partial charge on any atom is 0.375 e. The number of hydrogen-bond donors (Lipinski definition) is 2. The van der Waals surface area contributed by atoms with Crippen molar-refractivity contribution in [3.63, 3.8) is 0 Å². The number of aromatic amines is 1. The highest BCUT2D eigenvalue weighted by Crippen LogP contribution is 2.33. The van der Waals surface area contributed by atoms with Crippen molar-refractivity contribution in [2.24, 2.45) is 0 Å². The van der Waals surface area contributed by atoms with Gasteiger partial charge in [0.2, 0.25) is 11.8 Å². The number of carbonyl (C=O) groups is 1. The molecule has 6 nitrogen and oxygen atoms in total. The summed E-state index contributed by atoms with van der Waals surface area (Å²) in [5.74, 6) is 1.13. The number of ether oxygens (including phenoxy) is 3. The zero-order chi connectivity index (χ0) is 19.5. The highest BCUT2D eigenvalue weighted by Gasteiger charge is 2.28. The van der Waals surface area contributed by atoms with Crippen LogP contribution in [0, 0.1) is 0 Å². The van der Waals surface area contributed by atoms with Crippen LogP contribution in [0.25, 0.3) is 10.9 Å². The second kappa shape index (κ2) is 7.98. The van der Waals surface area contributed by atoms with Crippen molar-refractivity contribution < 1.29 is 24.0 Å². The molecule has 0 saturated heterocycles. The van der Waals surface area contributed by atoms with E-state index in [0.29, 0.717) is 12.2 Å². The molecule has 1 aliphatic heterocycles. The van der Waals surface area contributed by atoms with Gasteiger partial charge in [-0.1, -0.05) is 30.0 Å². The average molecular weight is 397 g/mol. The Morgan fingerprint density at radius 1 is 1.25 bits per heavy atom. The van der Waals surface area contributed by atoms with Crippen LogP contribution in [0.4, 0.5) is 0 Å². The van der Waals surface area contributed by atoms with Crippen molar-refractivity contribution >= 4 is 33.7 Å². The quantitative estimate of drug-likeness (QED) is 0.391. The molecule has 0 aliphatic carbocycles. The molecule has 2 N–H and O–H groups in total. The Hall–Kier alpha value is -2.93. The first-order chi connectivity index (χ1) is 13.7. The van der Waals surface area contributed by atoms with Gasteiger partial charge in [0, 0.05) is 23.5 Å². The maximum absolute atomic E-state index is 12.5. The van der Waals surface area contributed by atoms with Crippen LogP contribution < -0.4 is 14.5 Å². The lowest BCUT2D eigenvalue weighted by Gasteiger charge is -2.08. The normalized spacial score (nSPS) is 14.3. The van der Waals surface area contributed by atoms with Crippen LogP contribution in [0.1, 0.15) is 11.1 Å². The predicted molar refractivity (Wildman–Crippen MR) is 109 cm³/mol. The van der Waals surface area contributed by atoms with Crippen LogP contribution in [-0.2, 0) is 16.0 Å². The number of nitrogens with one attached hydrogen (secondary N) is 2. The van der Waals surface area contributed by atoms with Crippen molar-refractivity contribution in [1.29, 1.82) is 0 Å². The molecule has 0 saturated carbocycles. The van der Waals surface area contributed by atoms with Crippen LogP contribution in [0.5, 0.6) is 11.5 Å². The average Bonchev–Trinajstić information content (AvgIpc) is 3.37. The highest BCUT2D eigenvalue weighted by atomic mass is 32.2. The zero-order valence-corrected chi connectivity index (χ0v) is 16.5. The van der Waals surface area contributed by atoms with Gasteiger partial charge in [0.15, 0.2) is 11.5 Å². The predicted octanol–water partition coefficient (Wildman–Crippen LogP) is 1.87. The minimum atomic E-state index is -0.517. The largest absolute Gasteiger partial charge is 0.464 e. The number of hydrogen-bond acceptors (Lipinski definition) is 5. The van der Waals surface area contributed by atoms with E-state index in [0.717, 1.165) is 32.8 Å². The van der Waals surface area contributed by atoms with Gasteiger partial charge in [-0.15, -0.1) is 0 Å². The van der Waals surface area contributed by atoms with Gasteiger partial charge in [-0.05, 0) is 36.1 Å². The Labute approximate surface area is 166 Å².